The van der Waals surface area contributed by atoms with Crippen molar-refractivity contribution >= 4 is 99.0 Å². The van der Waals surface area contributed by atoms with Crippen LogP contribution in [0.5, 0.6) is 0 Å². The van der Waals surface area contributed by atoms with Gasteiger partial charge >= 0.3 is 36.4 Å². The third-order valence-electron chi connectivity index (χ3n) is 15.7. The van der Waals surface area contributed by atoms with Gasteiger partial charge < -0.3 is 36.4 Å². The number of amides is 3. The smallest absolute Gasteiger partial charge is 0.416 e. The van der Waals surface area contributed by atoms with E-state index < -0.39 is 59.0 Å². The van der Waals surface area contributed by atoms with E-state index in [1.54, 1.807) is 50.4 Å². The summed E-state index contributed by atoms with van der Waals surface area (Å²) in [4.78, 5) is 84.5. The number of nitrogens with zero attached hydrogens (tertiary/aromatic N) is 7. The number of carboxylic acids is 2. The van der Waals surface area contributed by atoms with Crippen molar-refractivity contribution in [2.75, 3.05) is 36.6 Å². The number of benzene rings is 9. The molecular formula is C75H65ClF9N11O10. The maximum absolute atomic E-state index is 13.1. The third-order valence-corrected chi connectivity index (χ3v) is 15.7. The van der Waals surface area contributed by atoms with E-state index in [2.05, 4.69) is 30.3 Å². The van der Waals surface area contributed by atoms with Gasteiger partial charge in [0.15, 0.2) is 0 Å². The molecule has 12 aromatic rings. The number of hydrogen-bond donors (Lipinski definition) is 7. The summed E-state index contributed by atoms with van der Waals surface area (Å²) in [7, 11) is 1.37. The number of aliphatic hydroxyl groups is 1. The maximum Gasteiger partial charge on any atom is 0.416 e. The minimum Gasteiger partial charge on any atom is -0.478 e. The highest BCUT2D eigenvalue weighted by Gasteiger charge is 2.34. The molecule has 4 heterocycles. The number of nitrogens with one attached hydrogen (secondary N) is 2. The van der Waals surface area contributed by atoms with Crippen LogP contribution < -0.4 is 22.1 Å². The minimum absolute atomic E-state index is 0. The first-order chi connectivity index (χ1) is 50.0. The van der Waals surface area contributed by atoms with Gasteiger partial charge in [-0.05, 0) is 164 Å². The zero-order chi connectivity index (χ0) is 75.8. The minimum atomic E-state index is -4.58. The number of imidazole rings is 3. The average Bonchev–Trinajstić information content (AvgIpc) is 1.63. The Morgan fingerprint density at radius 3 is 1.32 bits per heavy atom. The molecule has 0 saturated carbocycles. The summed E-state index contributed by atoms with van der Waals surface area (Å²) in [5.74, 6) is -3.37. The van der Waals surface area contributed by atoms with Crippen LogP contribution >= 0.6 is 12.4 Å². The molecule has 3 amide bonds. The Morgan fingerprint density at radius 2 is 0.896 bits per heavy atom. The normalized spacial score (nSPS) is 11.9. The molecule has 0 atom stereocenters. The van der Waals surface area contributed by atoms with Gasteiger partial charge in [0.1, 0.15) is 0 Å². The Kier molecular flexibility index (Phi) is 26.3. The van der Waals surface area contributed by atoms with E-state index in [1.165, 1.54) is 37.4 Å². The molecule has 9 aromatic carbocycles. The third kappa shape index (κ3) is 20.3. The van der Waals surface area contributed by atoms with Gasteiger partial charge in [-0.1, -0.05) is 84.9 Å². The Balaban J connectivity index is 0.000000181. The second-order valence-electron chi connectivity index (χ2n) is 23.0. The van der Waals surface area contributed by atoms with E-state index in [9.17, 15) is 73.4 Å². The number of hydrogen-bond acceptors (Lipinski definition) is 13. The van der Waals surface area contributed by atoms with Gasteiger partial charge in [0.05, 0.1) is 74.6 Å². The number of para-hydroxylation sites is 3. The molecule has 3 aromatic heterocycles. The zero-order valence-corrected chi connectivity index (χ0v) is 56.6. The molecule has 550 valence electrons. The number of aromatic nitrogens is 6. The number of carbonyl (C=O) groups is 6. The lowest BCUT2D eigenvalue weighted by Crippen LogP contribution is -2.23. The lowest BCUT2D eigenvalue weighted by Gasteiger charge is -2.15. The van der Waals surface area contributed by atoms with Crippen molar-refractivity contribution in [1.82, 2.24) is 33.6 Å². The molecule has 21 nitrogen and oxygen atoms in total. The predicted molar refractivity (Wildman–Crippen MR) is 380 cm³/mol. The Labute approximate surface area is 603 Å². The fourth-order valence-corrected chi connectivity index (χ4v) is 10.7. The van der Waals surface area contributed by atoms with Crippen molar-refractivity contribution in [3.63, 3.8) is 0 Å². The fourth-order valence-electron chi connectivity index (χ4n) is 10.7. The summed E-state index contributed by atoms with van der Waals surface area (Å²) in [6, 6.07) is 55.4. The molecule has 9 N–H and O–H groups in total. The van der Waals surface area contributed by atoms with Crippen LogP contribution in [-0.2, 0) is 46.0 Å². The highest BCUT2D eigenvalue weighted by atomic mass is 35.5. The summed E-state index contributed by atoms with van der Waals surface area (Å²) >= 11 is 0. The number of aliphatic hydroxyl groups excluding tert-OH is 1. The Bertz CT molecular complexity index is 5100. The van der Waals surface area contributed by atoms with Crippen LogP contribution in [0.15, 0.2) is 218 Å². The van der Waals surface area contributed by atoms with E-state index in [0.29, 0.717) is 78.7 Å². The van der Waals surface area contributed by atoms with E-state index in [4.69, 9.17) is 21.7 Å². The first kappa shape index (κ1) is 79.3. The number of halogens is 10. The van der Waals surface area contributed by atoms with Crippen molar-refractivity contribution in [2.45, 2.75) is 57.4 Å². The molecule has 0 bridgehead atoms. The zero-order valence-electron chi connectivity index (χ0n) is 55.7. The van der Waals surface area contributed by atoms with Crippen LogP contribution in [0.2, 0.25) is 0 Å². The monoisotopic (exact) mass is 1490 g/mol. The number of fused-ring (bicyclic) bond motifs is 3. The highest BCUT2D eigenvalue weighted by molar-refractivity contribution is 6.06. The molecule has 1 fully saturated rings. The van der Waals surface area contributed by atoms with Gasteiger partial charge in [-0.3, -0.25) is 43.5 Å². The molecule has 1 aliphatic rings. The van der Waals surface area contributed by atoms with Crippen molar-refractivity contribution in [3.05, 3.63) is 268 Å². The number of carboxylic acid groups (broad SMARTS) is 2. The van der Waals surface area contributed by atoms with Crippen LogP contribution in [0.3, 0.4) is 0 Å². The number of likely N-dealkylation sites (tertiary alicyclic amines) is 1. The summed E-state index contributed by atoms with van der Waals surface area (Å²) in [5, 5.41) is 32.0. The van der Waals surface area contributed by atoms with Crippen molar-refractivity contribution < 1.29 is 88.3 Å². The van der Waals surface area contributed by atoms with Gasteiger partial charge in [-0.2, -0.15) is 39.5 Å². The number of rotatable bonds is 15. The topological polar surface area (TPSA) is 305 Å². The van der Waals surface area contributed by atoms with Crippen LogP contribution in [0.25, 0.3) is 50.2 Å². The van der Waals surface area contributed by atoms with Gasteiger partial charge in [-0.25, -0.2) is 24.5 Å². The summed E-state index contributed by atoms with van der Waals surface area (Å²) in [6.45, 7) is 1.75. The molecule has 0 spiro atoms. The van der Waals surface area contributed by atoms with E-state index >= 15 is 0 Å². The molecule has 0 unspecified atom stereocenters. The van der Waals surface area contributed by atoms with Gasteiger partial charge in [0.2, 0.25) is 23.8 Å². The van der Waals surface area contributed by atoms with Crippen LogP contribution in [-0.4, -0.2) is 105 Å². The van der Waals surface area contributed by atoms with E-state index in [1.807, 2.05) is 102 Å². The van der Waals surface area contributed by atoms with Gasteiger partial charge in [0.25, 0.3) is 11.8 Å². The van der Waals surface area contributed by atoms with E-state index in [0.717, 1.165) is 88.5 Å². The van der Waals surface area contributed by atoms with Crippen molar-refractivity contribution in [3.8, 4) is 17.1 Å². The second-order valence-corrected chi connectivity index (χ2v) is 23.0. The number of alkyl halides is 9. The molecule has 1 aliphatic heterocycles. The number of methoxy groups -OCH3 is 1. The van der Waals surface area contributed by atoms with E-state index in [-0.39, 0.29) is 65.0 Å². The second kappa shape index (κ2) is 35.2. The van der Waals surface area contributed by atoms with Crippen LogP contribution in [0, 0.1) is 0 Å². The predicted octanol–water partition coefficient (Wildman–Crippen LogP) is 15.2. The SMILES string of the molecule is COC(=O)CCCN.Cl.Nc1nc2cc(CO)ccc2n1-c1ccccc1.O=C(Nc1nc2cc(CN3CCCC3=O)ccc2n1-c1ccccc1)c1cccc(C(F)(F)F)c1.O=C(O)c1ccc2c(c1)nc(NC(=O)c1cccc(C(F)(F)F)c1)n2-c1ccccc1.O=C(O)c1cccc(C(F)(F)F)c1. The quantitative estimate of drug-likeness (QED) is 0.0371. The number of ether oxygens (including phenoxy) is 1. The molecular weight excluding hydrogens is 1420 g/mol. The number of nitrogens with two attached hydrogens (primary N) is 2. The Hall–Kier alpha value is -12.4. The lowest BCUT2D eigenvalue weighted by atomic mass is 10.1. The largest absolute Gasteiger partial charge is 0.478 e. The van der Waals surface area contributed by atoms with Gasteiger partial charge in [-0.15, -0.1) is 12.4 Å². The maximum atomic E-state index is 13.1. The van der Waals surface area contributed by atoms with Crippen molar-refractivity contribution in [2.24, 2.45) is 5.73 Å². The first-order valence-corrected chi connectivity index (χ1v) is 31.8. The van der Waals surface area contributed by atoms with Gasteiger partial charge in [0, 0.05) is 54.1 Å². The Morgan fingerprint density at radius 1 is 0.500 bits per heavy atom. The lowest BCUT2D eigenvalue weighted by molar-refractivity contribution is -0.141. The highest BCUT2D eigenvalue weighted by Crippen LogP contribution is 2.34. The first-order valence-electron chi connectivity index (χ1n) is 31.8. The molecule has 31 heteroatoms. The number of carbonyl (C=O) groups excluding carboxylic acids is 4. The molecule has 0 radical (unpaired) electrons. The summed E-state index contributed by atoms with van der Waals surface area (Å²) < 4.78 is 124. The molecule has 0 aliphatic carbocycles. The molecule has 1 saturated heterocycles. The van der Waals surface area contributed by atoms with Crippen molar-refractivity contribution in [1.29, 1.82) is 0 Å². The molecule has 13 rings (SSSR count). The average molecular weight is 1490 g/mol. The summed E-state index contributed by atoms with van der Waals surface area (Å²) in [6.07, 6.45) is -11.1. The van der Waals surface area contributed by atoms with Crippen LogP contribution in [0.1, 0.15) is 94.9 Å². The number of nitrogen functional groups attached to an aromatic ring is 1. The number of esters is 1. The molecule has 106 heavy (non-hydrogen) atoms. The number of aromatic carboxylic acids is 2. The standard InChI is InChI=1S/C26H21F3N4O2.C22H14F3N3O3.C14H13N3O.C8H5F3O2.C5H11NO2.ClH/c27-26(28,29)19-7-4-6-18(15-19)24(35)31-25-30-21-14-17(16-32-13-5-10-23(32)34)11-12-22(21)33(25)20-8-2-1-3-9-20;23-22(24,25)15-6-4-5-13(11-15)19(29)27-21-26-17-12-14(20(30)31)9-10-18(17)28(21)16-7-2-1-3-8-16;15-14-16-12-8-10(9-18)6-7-13(12)17(14)11-4-2-1-3-5-11;9-8(10,11)6-3-1-2-5(4-6)7(12)13;1-8-5(7)3-2-4-6;/h1-4,6-9,11-12,14-15H,5,10,13,16H2,(H,30,31,35);1-12H,(H,30,31)(H,26,27,29);1-8,18H,9H2,(H2,15,16);1-4H,(H,12,13);2-4,6H2,1H3;1H. The number of anilines is 3. The fraction of sp³-hybridized carbons (Fsp3) is 0.160. The summed E-state index contributed by atoms with van der Waals surface area (Å²) in [5.41, 5.74) is 15.6. The van der Waals surface area contributed by atoms with Crippen LogP contribution in [0.4, 0.5) is 57.4 Å².